The zero-order valence-electron chi connectivity index (χ0n) is 15.8. The number of nitrogens with one attached hydrogen (secondary N) is 1. The minimum Gasteiger partial charge on any atom is -0.408 e. The molecule has 0 bridgehead atoms. The van der Waals surface area contributed by atoms with Crippen LogP contribution >= 0.6 is 11.6 Å². The number of halogens is 1. The third kappa shape index (κ3) is 2.93. The van der Waals surface area contributed by atoms with E-state index >= 15 is 0 Å². The largest absolute Gasteiger partial charge is 0.421 e. The van der Waals surface area contributed by atoms with E-state index in [1.807, 2.05) is 12.1 Å². The number of nitrogens with zero attached hydrogens (tertiary/aromatic N) is 1. The van der Waals surface area contributed by atoms with Crippen LogP contribution in [0.15, 0.2) is 36.4 Å². The zero-order valence-corrected chi connectivity index (χ0v) is 16.5. The van der Waals surface area contributed by atoms with E-state index in [1.165, 1.54) is 0 Å². The number of carbonyl (C=O) groups excluding carboxylic acids is 2. The Balaban J connectivity index is 1.92. The Morgan fingerprint density at radius 1 is 1.14 bits per heavy atom. The van der Waals surface area contributed by atoms with Gasteiger partial charge in [-0.05, 0) is 56.1 Å². The predicted molar refractivity (Wildman–Crippen MR) is 106 cm³/mol. The fraction of sp³-hybridized carbons (Fsp3) is 0.333. The fourth-order valence-corrected chi connectivity index (χ4v) is 4.25. The summed E-state index contributed by atoms with van der Waals surface area (Å²) in [6.07, 6.45) is 0.657. The van der Waals surface area contributed by atoms with Gasteiger partial charge in [0, 0.05) is 17.8 Å². The third-order valence-corrected chi connectivity index (χ3v) is 5.53. The highest BCUT2D eigenvalue weighted by Crippen LogP contribution is 2.44. The van der Waals surface area contributed by atoms with Gasteiger partial charge >= 0.3 is 11.9 Å². The first-order valence-corrected chi connectivity index (χ1v) is 9.66. The standard InChI is InChI=1S/C21H21ClN2O4/c1-3-24(17-7-5-4-6-13(17)2)18-14-10-11-23-12-21(15(14)8-9-16(18)22)27-19(25)20(26)28-21/h4-9,23H,3,10-12H2,1-2H3. The lowest BCUT2D eigenvalue weighted by Gasteiger charge is -2.32. The van der Waals surface area contributed by atoms with Gasteiger partial charge in [-0.1, -0.05) is 29.8 Å². The molecule has 0 aromatic heterocycles. The van der Waals surface area contributed by atoms with Crippen LogP contribution in [0.5, 0.6) is 0 Å². The van der Waals surface area contributed by atoms with E-state index in [-0.39, 0.29) is 6.54 Å². The summed E-state index contributed by atoms with van der Waals surface area (Å²) in [6.45, 7) is 5.65. The summed E-state index contributed by atoms with van der Waals surface area (Å²) >= 11 is 6.67. The molecule has 2 aromatic rings. The van der Waals surface area contributed by atoms with Crippen LogP contribution in [-0.4, -0.2) is 31.6 Å². The molecule has 2 aliphatic heterocycles. The number of esters is 2. The minimum atomic E-state index is -1.45. The highest BCUT2D eigenvalue weighted by atomic mass is 35.5. The maximum atomic E-state index is 11.8. The summed E-state index contributed by atoms with van der Waals surface area (Å²) in [6, 6.07) is 11.6. The fourth-order valence-electron chi connectivity index (χ4n) is 3.97. The number of hydrogen-bond acceptors (Lipinski definition) is 6. The smallest absolute Gasteiger partial charge is 0.408 e. The molecule has 28 heavy (non-hydrogen) atoms. The van der Waals surface area contributed by atoms with E-state index in [2.05, 4.69) is 36.2 Å². The quantitative estimate of drug-likeness (QED) is 0.630. The second-order valence-corrected chi connectivity index (χ2v) is 7.32. The molecule has 1 saturated heterocycles. The number of benzene rings is 2. The average molecular weight is 401 g/mol. The van der Waals surface area contributed by atoms with Crippen LogP contribution in [0.25, 0.3) is 0 Å². The first kappa shape index (κ1) is 18.8. The Kier molecular flexibility index (Phi) is 4.77. The van der Waals surface area contributed by atoms with Gasteiger partial charge in [-0.25, -0.2) is 9.59 Å². The molecule has 146 valence electrons. The molecular formula is C21H21ClN2O4. The van der Waals surface area contributed by atoms with Gasteiger partial charge in [-0.3, -0.25) is 0 Å². The second-order valence-electron chi connectivity index (χ2n) is 6.91. The minimum absolute atomic E-state index is 0.203. The average Bonchev–Trinajstić information content (AvgIpc) is 2.85. The summed E-state index contributed by atoms with van der Waals surface area (Å²) < 4.78 is 10.8. The molecule has 0 saturated carbocycles. The van der Waals surface area contributed by atoms with Crippen molar-refractivity contribution in [2.24, 2.45) is 0 Å². The maximum Gasteiger partial charge on any atom is 0.421 e. The highest BCUT2D eigenvalue weighted by Gasteiger charge is 2.52. The van der Waals surface area contributed by atoms with Crippen molar-refractivity contribution in [1.29, 1.82) is 0 Å². The summed E-state index contributed by atoms with van der Waals surface area (Å²) in [5.41, 5.74) is 4.58. The van der Waals surface area contributed by atoms with Crippen LogP contribution in [0.1, 0.15) is 23.6 Å². The van der Waals surface area contributed by atoms with Gasteiger partial charge in [0.15, 0.2) is 0 Å². The van der Waals surface area contributed by atoms with Gasteiger partial charge in [0.1, 0.15) is 0 Å². The number of para-hydroxylation sites is 1. The first-order chi connectivity index (χ1) is 13.5. The molecule has 7 heteroatoms. The number of ether oxygens (including phenoxy) is 2. The Labute approximate surface area is 168 Å². The van der Waals surface area contributed by atoms with E-state index in [0.29, 0.717) is 30.1 Å². The Hall–Kier alpha value is -2.57. The van der Waals surface area contributed by atoms with E-state index in [4.69, 9.17) is 21.1 Å². The van der Waals surface area contributed by atoms with Gasteiger partial charge in [-0.2, -0.15) is 0 Å². The molecule has 0 radical (unpaired) electrons. The van der Waals surface area contributed by atoms with Crippen LogP contribution in [0.4, 0.5) is 11.4 Å². The normalized spacial score (nSPS) is 17.7. The van der Waals surface area contributed by atoms with Gasteiger partial charge < -0.3 is 19.7 Å². The number of hydrogen-bond donors (Lipinski definition) is 1. The summed E-state index contributed by atoms with van der Waals surface area (Å²) in [5.74, 6) is -3.40. The predicted octanol–water partition coefficient (Wildman–Crippen LogP) is 3.20. The highest BCUT2D eigenvalue weighted by molar-refractivity contribution is 6.34. The van der Waals surface area contributed by atoms with E-state index in [1.54, 1.807) is 12.1 Å². The van der Waals surface area contributed by atoms with Gasteiger partial charge in [-0.15, -0.1) is 0 Å². The molecule has 2 heterocycles. The number of anilines is 2. The van der Waals surface area contributed by atoms with E-state index in [0.717, 1.165) is 22.5 Å². The number of aryl methyl sites for hydroxylation is 1. The summed E-state index contributed by atoms with van der Waals surface area (Å²) in [7, 11) is 0. The molecule has 1 spiro atoms. The van der Waals surface area contributed by atoms with Gasteiger partial charge in [0.05, 0.1) is 17.3 Å². The molecule has 6 nitrogen and oxygen atoms in total. The van der Waals surface area contributed by atoms with Crippen molar-refractivity contribution in [1.82, 2.24) is 5.32 Å². The van der Waals surface area contributed by atoms with Crippen LogP contribution in [0.2, 0.25) is 5.02 Å². The van der Waals surface area contributed by atoms with Crippen molar-refractivity contribution in [3.8, 4) is 0 Å². The topological polar surface area (TPSA) is 67.9 Å². The molecule has 0 unspecified atom stereocenters. The number of rotatable bonds is 3. The van der Waals surface area contributed by atoms with Crippen LogP contribution < -0.4 is 10.2 Å². The van der Waals surface area contributed by atoms with Crippen LogP contribution in [0.3, 0.4) is 0 Å². The van der Waals surface area contributed by atoms with Crippen molar-refractivity contribution in [2.75, 3.05) is 24.5 Å². The third-order valence-electron chi connectivity index (χ3n) is 5.23. The molecule has 0 amide bonds. The van der Waals surface area contributed by atoms with Crippen LogP contribution in [-0.2, 0) is 31.3 Å². The van der Waals surface area contributed by atoms with Crippen LogP contribution in [0, 0.1) is 6.92 Å². The molecule has 2 aromatic carbocycles. The molecule has 1 N–H and O–H groups in total. The van der Waals surface area contributed by atoms with Crippen molar-refractivity contribution in [3.05, 3.63) is 58.1 Å². The molecule has 0 aliphatic carbocycles. The van der Waals surface area contributed by atoms with Crippen molar-refractivity contribution in [2.45, 2.75) is 26.1 Å². The molecule has 1 fully saturated rings. The lowest BCUT2D eigenvalue weighted by Crippen LogP contribution is -2.38. The molecule has 0 atom stereocenters. The van der Waals surface area contributed by atoms with Crippen molar-refractivity contribution < 1.29 is 19.1 Å². The molecule has 4 rings (SSSR count). The Morgan fingerprint density at radius 3 is 2.54 bits per heavy atom. The molecular weight excluding hydrogens is 380 g/mol. The zero-order chi connectivity index (χ0) is 19.9. The lowest BCUT2D eigenvalue weighted by atomic mass is 9.95. The number of fused-ring (bicyclic) bond motifs is 2. The number of carbonyl (C=O) groups is 2. The summed E-state index contributed by atoms with van der Waals surface area (Å²) in [5, 5.41) is 3.80. The second kappa shape index (κ2) is 7.11. The van der Waals surface area contributed by atoms with Gasteiger partial charge in [0.2, 0.25) is 0 Å². The van der Waals surface area contributed by atoms with Crippen molar-refractivity contribution >= 4 is 34.9 Å². The first-order valence-electron chi connectivity index (χ1n) is 9.29. The van der Waals surface area contributed by atoms with E-state index in [9.17, 15) is 9.59 Å². The van der Waals surface area contributed by atoms with Gasteiger partial charge in [0.25, 0.3) is 5.79 Å². The SMILES string of the molecule is CCN(c1ccccc1C)c1c(Cl)ccc2c1CCNCC21OC(=O)C(=O)O1. The van der Waals surface area contributed by atoms with E-state index < -0.39 is 17.7 Å². The summed E-state index contributed by atoms with van der Waals surface area (Å²) in [4.78, 5) is 25.8. The lowest BCUT2D eigenvalue weighted by molar-refractivity contribution is -0.181. The monoisotopic (exact) mass is 400 g/mol. The van der Waals surface area contributed by atoms with Crippen molar-refractivity contribution in [3.63, 3.8) is 0 Å². The Bertz CT molecular complexity index is 943. The maximum absolute atomic E-state index is 11.8. The Morgan fingerprint density at radius 2 is 1.86 bits per heavy atom. The molecule has 2 aliphatic rings.